The first-order valence-corrected chi connectivity index (χ1v) is 7.93. The molecule has 1 heterocycles. The number of benzene rings is 1. The summed E-state index contributed by atoms with van der Waals surface area (Å²) in [6.07, 6.45) is 2.06. The van der Waals surface area contributed by atoms with E-state index < -0.39 is 17.9 Å². The predicted molar refractivity (Wildman–Crippen MR) is 89.7 cm³/mol. The third-order valence-electron chi connectivity index (χ3n) is 3.39. The predicted octanol–water partition coefficient (Wildman–Crippen LogP) is 0.832. The van der Waals surface area contributed by atoms with Crippen LogP contribution in [0.5, 0.6) is 5.75 Å². The fourth-order valence-corrected chi connectivity index (χ4v) is 2.21. The van der Waals surface area contributed by atoms with E-state index in [1.807, 2.05) is 6.07 Å². The summed E-state index contributed by atoms with van der Waals surface area (Å²) in [5.41, 5.74) is 0.181. The molecule has 1 aromatic carbocycles. The Morgan fingerprint density at radius 3 is 2.84 bits per heavy atom. The molecular weight excluding hydrogens is 331 g/mol. The summed E-state index contributed by atoms with van der Waals surface area (Å²) in [6, 6.07) is 7.15. The van der Waals surface area contributed by atoms with Gasteiger partial charge in [0.1, 0.15) is 12.5 Å². The van der Waals surface area contributed by atoms with E-state index >= 15 is 0 Å². The van der Waals surface area contributed by atoms with Crippen molar-refractivity contribution in [2.45, 2.75) is 19.6 Å². The second-order valence-electron chi connectivity index (χ2n) is 5.36. The number of aliphatic hydroxyl groups excluding tert-OH is 1. The highest BCUT2D eigenvalue weighted by Gasteiger charge is 2.07. The molecule has 0 aliphatic heterocycles. The Hall–Kier alpha value is -2.45. The Kier molecular flexibility index (Phi) is 7.36. The second kappa shape index (κ2) is 9.75. The lowest BCUT2D eigenvalue weighted by Crippen LogP contribution is -2.32. The molecule has 0 amide bonds. The Balaban J connectivity index is 2.13. The van der Waals surface area contributed by atoms with Crippen LogP contribution in [0.4, 0.5) is 4.39 Å². The molecule has 0 unspecified atom stereocenters. The minimum Gasteiger partial charge on any atom is -0.493 e. The molecular formula is C17H21FN2O5. The fraction of sp³-hybridized carbons (Fsp3) is 0.412. The first kappa shape index (κ1) is 18.9. The van der Waals surface area contributed by atoms with Gasteiger partial charge in [-0.25, -0.2) is 4.79 Å². The number of alkyl halides is 1. The number of aromatic nitrogens is 2. The van der Waals surface area contributed by atoms with Crippen LogP contribution in [0.2, 0.25) is 0 Å². The Bertz CT molecular complexity index is 787. The quantitative estimate of drug-likeness (QED) is 0.618. The van der Waals surface area contributed by atoms with Gasteiger partial charge in [-0.05, 0) is 17.7 Å². The Labute approximate surface area is 143 Å². The minimum atomic E-state index is -0.574. The molecule has 0 aliphatic rings. The lowest BCUT2D eigenvalue weighted by molar-refractivity contribution is 0.0455. The summed E-state index contributed by atoms with van der Waals surface area (Å²) in [7, 11) is 0. The molecule has 25 heavy (non-hydrogen) atoms. The van der Waals surface area contributed by atoms with Gasteiger partial charge in [0, 0.05) is 24.6 Å². The van der Waals surface area contributed by atoms with Gasteiger partial charge in [-0.2, -0.15) is 0 Å². The lowest BCUT2D eigenvalue weighted by Gasteiger charge is -2.09. The van der Waals surface area contributed by atoms with Gasteiger partial charge in [0.05, 0.1) is 26.5 Å². The van der Waals surface area contributed by atoms with E-state index in [9.17, 15) is 14.0 Å². The van der Waals surface area contributed by atoms with Crippen LogP contribution in [0.3, 0.4) is 0 Å². The largest absolute Gasteiger partial charge is 0.493 e. The maximum Gasteiger partial charge on any atom is 0.330 e. The molecule has 0 bridgehead atoms. The van der Waals surface area contributed by atoms with Crippen LogP contribution in [0.1, 0.15) is 17.5 Å². The van der Waals surface area contributed by atoms with Crippen LogP contribution in [-0.4, -0.2) is 41.2 Å². The number of ether oxygens (including phenoxy) is 2. The van der Waals surface area contributed by atoms with E-state index in [-0.39, 0.29) is 26.6 Å². The first-order valence-electron chi connectivity index (χ1n) is 7.93. The summed E-state index contributed by atoms with van der Waals surface area (Å²) < 4.78 is 23.9. The van der Waals surface area contributed by atoms with Crippen LogP contribution in [0, 0.1) is 0 Å². The summed E-state index contributed by atoms with van der Waals surface area (Å²) in [5, 5.41) is 8.71. The molecule has 136 valence electrons. The van der Waals surface area contributed by atoms with Gasteiger partial charge in [0.2, 0.25) is 0 Å². The molecule has 7 nitrogen and oxygen atoms in total. The lowest BCUT2D eigenvalue weighted by atomic mass is 10.1. The van der Waals surface area contributed by atoms with Crippen molar-refractivity contribution in [3.8, 4) is 5.75 Å². The minimum absolute atomic E-state index is 0.0600. The normalized spacial score (nSPS) is 10.8. The van der Waals surface area contributed by atoms with Crippen LogP contribution in [-0.2, 0) is 17.9 Å². The number of halogens is 1. The molecule has 0 aliphatic carbocycles. The zero-order valence-corrected chi connectivity index (χ0v) is 13.7. The number of rotatable bonds is 10. The number of nitrogens with zero attached hydrogens (tertiary/aromatic N) is 1. The number of nitrogens with one attached hydrogen (secondary N) is 1. The maximum absolute atomic E-state index is 12.1. The first-order chi connectivity index (χ1) is 12.1. The summed E-state index contributed by atoms with van der Waals surface area (Å²) in [4.78, 5) is 26.0. The molecule has 1 aromatic heterocycles. The summed E-state index contributed by atoms with van der Waals surface area (Å²) in [6.45, 7) is -0.266. The molecule has 0 atom stereocenters. The monoisotopic (exact) mass is 352 g/mol. The molecule has 0 saturated heterocycles. The molecule has 2 aromatic rings. The van der Waals surface area contributed by atoms with Crippen molar-refractivity contribution in [1.82, 2.24) is 9.55 Å². The van der Waals surface area contributed by atoms with Gasteiger partial charge in [0.25, 0.3) is 5.56 Å². The van der Waals surface area contributed by atoms with E-state index in [4.69, 9.17) is 14.6 Å². The van der Waals surface area contributed by atoms with Crippen molar-refractivity contribution in [3.63, 3.8) is 0 Å². The highest BCUT2D eigenvalue weighted by atomic mass is 19.1. The van der Waals surface area contributed by atoms with Crippen LogP contribution in [0.15, 0.2) is 40.1 Å². The number of aromatic amines is 1. The fourth-order valence-electron chi connectivity index (χ4n) is 2.21. The SMILES string of the molecule is O=c1[nH]c(=O)n(COCCO)cc1Cc1cccc(OCCCF)c1. The molecule has 2 rings (SSSR count). The number of H-pyrrole nitrogens is 1. The highest BCUT2D eigenvalue weighted by Crippen LogP contribution is 2.15. The number of hydrogen-bond donors (Lipinski definition) is 2. The zero-order valence-electron chi connectivity index (χ0n) is 13.7. The Morgan fingerprint density at radius 1 is 1.24 bits per heavy atom. The van der Waals surface area contributed by atoms with Crippen molar-refractivity contribution >= 4 is 0 Å². The van der Waals surface area contributed by atoms with Crippen molar-refractivity contribution in [2.75, 3.05) is 26.5 Å². The topological polar surface area (TPSA) is 93.6 Å². The van der Waals surface area contributed by atoms with Crippen molar-refractivity contribution in [1.29, 1.82) is 0 Å². The standard InChI is InChI=1S/C17H21FN2O5/c18-5-2-7-25-15-4-1-3-13(10-15)9-14-11-20(12-24-8-6-21)17(23)19-16(14)22/h1,3-4,10-11,21H,2,5-9,12H2,(H,19,22,23). The van der Waals surface area contributed by atoms with E-state index in [0.717, 1.165) is 5.56 Å². The average Bonchev–Trinajstić information content (AvgIpc) is 2.59. The smallest absolute Gasteiger partial charge is 0.330 e. The third kappa shape index (κ3) is 5.84. The van der Waals surface area contributed by atoms with Gasteiger partial charge in [-0.15, -0.1) is 0 Å². The average molecular weight is 352 g/mol. The summed E-state index contributed by atoms with van der Waals surface area (Å²) in [5.74, 6) is 0.599. The molecule has 0 saturated carbocycles. The highest BCUT2D eigenvalue weighted by molar-refractivity contribution is 5.31. The number of aliphatic hydroxyl groups is 1. The maximum atomic E-state index is 12.1. The van der Waals surface area contributed by atoms with E-state index in [1.165, 1.54) is 10.8 Å². The van der Waals surface area contributed by atoms with Crippen LogP contribution >= 0.6 is 0 Å². The molecule has 0 radical (unpaired) electrons. The van der Waals surface area contributed by atoms with Gasteiger partial charge in [-0.1, -0.05) is 12.1 Å². The van der Waals surface area contributed by atoms with E-state index in [0.29, 0.717) is 24.2 Å². The number of hydrogen-bond acceptors (Lipinski definition) is 5. The van der Waals surface area contributed by atoms with E-state index in [2.05, 4.69) is 4.98 Å². The molecule has 0 spiro atoms. The van der Waals surface area contributed by atoms with E-state index in [1.54, 1.807) is 18.2 Å². The second-order valence-corrected chi connectivity index (χ2v) is 5.36. The van der Waals surface area contributed by atoms with Gasteiger partial charge in [0.15, 0.2) is 0 Å². The Morgan fingerprint density at radius 2 is 2.08 bits per heavy atom. The van der Waals surface area contributed by atoms with Gasteiger partial charge < -0.3 is 14.6 Å². The van der Waals surface area contributed by atoms with Gasteiger partial charge >= 0.3 is 5.69 Å². The van der Waals surface area contributed by atoms with Crippen molar-refractivity contribution in [2.24, 2.45) is 0 Å². The zero-order chi connectivity index (χ0) is 18.1. The summed E-state index contributed by atoms with van der Waals surface area (Å²) >= 11 is 0. The van der Waals surface area contributed by atoms with Crippen molar-refractivity contribution < 1.29 is 19.0 Å². The third-order valence-corrected chi connectivity index (χ3v) is 3.39. The van der Waals surface area contributed by atoms with Crippen LogP contribution < -0.4 is 16.0 Å². The molecule has 2 N–H and O–H groups in total. The molecule has 8 heteroatoms. The molecule has 0 fully saturated rings. The van der Waals surface area contributed by atoms with Crippen molar-refractivity contribution in [3.05, 3.63) is 62.4 Å². The van der Waals surface area contributed by atoms with Gasteiger partial charge in [-0.3, -0.25) is 18.7 Å². The van der Waals surface area contributed by atoms with Crippen LogP contribution in [0.25, 0.3) is 0 Å².